The fourth-order valence-electron chi connectivity index (χ4n) is 2.35. The summed E-state index contributed by atoms with van der Waals surface area (Å²) in [7, 11) is 0. The quantitative estimate of drug-likeness (QED) is 0.387. The average Bonchev–Trinajstić information content (AvgIpc) is 2.50. The summed E-state index contributed by atoms with van der Waals surface area (Å²) in [5, 5.41) is 10.8. The van der Waals surface area contributed by atoms with Crippen LogP contribution in [-0.2, 0) is 0 Å². The molecular formula is C16H27N2O3+. The van der Waals surface area contributed by atoms with Crippen LogP contribution in [0.25, 0.3) is 0 Å². The highest BCUT2D eigenvalue weighted by Crippen LogP contribution is 2.25. The van der Waals surface area contributed by atoms with Gasteiger partial charge in [-0.3, -0.25) is 10.1 Å². The van der Waals surface area contributed by atoms with E-state index < -0.39 is 4.92 Å². The number of unbranched alkanes of at least 4 members (excludes halogenated alkanes) is 3. The molecule has 0 unspecified atom stereocenters. The maximum absolute atomic E-state index is 10.8. The molecule has 5 heteroatoms. The molecule has 0 bridgehead atoms. The Morgan fingerprint density at radius 1 is 1.10 bits per heavy atom. The van der Waals surface area contributed by atoms with Gasteiger partial charge in [0.1, 0.15) is 0 Å². The highest BCUT2D eigenvalue weighted by atomic mass is 16.6. The topological polar surface area (TPSA) is 56.8 Å². The van der Waals surface area contributed by atoms with Crippen LogP contribution in [0.5, 0.6) is 5.75 Å². The van der Waals surface area contributed by atoms with Crippen molar-refractivity contribution in [3.05, 3.63) is 34.4 Å². The van der Waals surface area contributed by atoms with Crippen molar-refractivity contribution in [3.8, 4) is 5.75 Å². The maximum Gasteiger partial charge on any atom is 0.310 e. The number of nitro benzene ring substituents is 1. The van der Waals surface area contributed by atoms with Gasteiger partial charge in [-0.25, -0.2) is 0 Å². The van der Waals surface area contributed by atoms with Gasteiger partial charge in [-0.1, -0.05) is 12.1 Å². The van der Waals surface area contributed by atoms with Crippen LogP contribution in [0.15, 0.2) is 24.3 Å². The number of nitrogens with zero attached hydrogens (tertiary/aromatic N) is 1. The molecule has 118 valence electrons. The summed E-state index contributed by atoms with van der Waals surface area (Å²) in [6.45, 7) is 8.61. The van der Waals surface area contributed by atoms with E-state index in [1.165, 1.54) is 38.5 Å². The smallest absolute Gasteiger partial charge is 0.310 e. The van der Waals surface area contributed by atoms with Crippen molar-refractivity contribution < 1.29 is 14.6 Å². The molecule has 0 aromatic heterocycles. The Kier molecular flexibility index (Phi) is 8.43. The number of quaternary nitrogens is 1. The highest BCUT2D eigenvalue weighted by molar-refractivity contribution is 5.45. The van der Waals surface area contributed by atoms with Crippen LogP contribution in [0, 0.1) is 10.1 Å². The lowest BCUT2D eigenvalue weighted by molar-refractivity contribution is -0.896. The van der Waals surface area contributed by atoms with Crippen molar-refractivity contribution >= 4 is 5.69 Å². The number of hydrogen-bond acceptors (Lipinski definition) is 3. The van der Waals surface area contributed by atoms with Crippen LogP contribution in [0.4, 0.5) is 5.69 Å². The third-order valence-corrected chi connectivity index (χ3v) is 3.74. The van der Waals surface area contributed by atoms with E-state index in [4.69, 9.17) is 4.74 Å². The number of nitrogens with one attached hydrogen (secondary N) is 1. The monoisotopic (exact) mass is 295 g/mol. The van der Waals surface area contributed by atoms with Gasteiger partial charge in [0.05, 0.1) is 31.2 Å². The fraction of sp³-hybridized carbons (Fsp3) is 0.625. The summed E-state index contributed by atoms with van der Waals surface area (Å²) in [6.07, 6.45) is 4.49. The van der Waals surface area contributed by atoms with E-state index in [0.717, 1.165) is 12.8 Å². The van der Waals surface area contributed by atoms with Crippen LogP contribution >= 0.6 is 0 Å². The zero-order valence-corrected chi connectivity index (χ0v) is 13.1. The lowest BCUT2D eigenvalue weighted by atomic mass is 10.2. The highest BCUT2D eigenvalue weighted by Gasteiger charge is 2.12. The third kappa shape index (κ3) is 6.58. The van der Waals surface area contributed by atoms with E-state index in [2.05, 4.69) is 13.8 Å². The number of hydrogen-bond donors (Lipinski definition) is 1. The first-order valence-corrected chi connectivity index (χ1v) is 7.88. The van der Waals surface area contributed by atoms with Crippen molar-refractivity contribution in [2.45, 2.75) is 39.5 Å². The van der Waals surface area contributed by atoms with Gasteiger partial charge in [-0.15, -0.1) is 0 Å². The van der Waals surface area contributed by atoms with Crippen LogP contribution < -0.4 is 9.64 Å². The Labute approximate surface area is 127 Å². The molecule has 0 aliphatic rings. The van der Waals surface area contributed by atoms with Gasteiger partial charge in [0, 0.05) is 6.07 Å². The van der Waals surface area contributed by atoms with E-state index in [-0.39, 0.29) is 5.69 Å². The normalized spacial score (nSPS) is 10.8. The Hall–Kier alpha value is -1.62. The molecule has 1 N–H and O–H groups in total. The van der Waals surface area contributed by atoms with Crippen LogP contribution in [0.3, 0.4) is 0 Å². The molecular weight excluding hydrogens is 268 g/mol. The maximum atomic E-state index is 10.8. The lowest BCUT2D eigenvalue weighted by Crippen LogP contribution is -3.11. The zero-order chi connectivity index (χ0) is 15.5. The molecule has 0 saturated heterocycles. The van der Waals surface area contributed by atoms with Crippen molar-refractivity contribution in [2.24, 2.45) is 0 Å². The Balaban J connectivity index is 2.16. The first kappa shape index (κ1) is 17.4. The number of rotatable bonds is 11. The molecule has 0 atom stereocenters. The molecule has 0 fully saturated rings. The largest absolute Gasteiger partial charge is 0.487 e. The predicted octanol–water partition coefficient (Wildman–Crippen LogP) is 2.46. The van der Waals surface area contributed by atoms with Gasteiger partial charge < -0.3 is 9.64 Å². The Morgan fingerprint density at radius 2 is 1.76 bits per heavy atom. The molecule has 0 heterocycles. The molecule has 0 spiro atoms. The molecule has 0 amide bonds. The Morgan fingerprint density at radius 3 is 2.43 bits per heavy atom. The number of para-hydroxylation sites is 2. The molecule has 21 heavy (non-hydrogen) atoms. The summed E-state index contributed by atoms with van der Waals surface area (Å²) in [5.74, 6) is 0.370. The lowest BCUT2D eigenvalue weighted by Gasteiger charge is -2.14. The third-order valence-electron chi connectivity index (χ3n) is 3.74. The number of nitro groups is 1. The second-order valence-corrected chi connectivity index (χ2v) is 5.19. The second-order valence-electron chi connectivity index (χ2n) is 5.19. The van der Waals surface area contributed by atoms with Gasteiger partial charge in [0.15, 0.2) is 5.75 Å². The van der Waals surface area contributed by atoms with Gasteiger partial charge >= 0.3 is 5.69 Å². The summed E-state index contributed by atoms with van der Waals surface area (Å²) < 4.78 is 5.52. The number of ether oxygens (including phenoxy) is 1. The molecule has 0 aliphatic carbocycles. The fourth-order valence-corrected chi connectivity index (χ4v) is 2.35. The van der Waals surface area contributed by atoms with Gasteiger partial charge in [0.2, 0.25) is 0 Å². The minimum atomic E-state index is -0.401. The molecule has 0 saturated carbocycles. The predicted molar refractivity (Wildman–Crippen MR) is 84.0 cm³/mol. The standard InChI is InChI=1S/C16H26N2O3/c1-3-17(4-2)13-9-5-6-10-14-21-16-12-8-7-11-15(16)18(19)20/h7-8,11-12H,3-6,9-10,13-14H2,1-2H3/p+1. The van der Waals surface area contributed by atoms with Crippen LogP contribution in [-0.4, -0.2) is 31.2 Å². The van der Waals surface area contributed by atoms with Crippen molar-refractivity contribution in [1.82, 2.24) is 0 Å². The average molecular weight is 295 g/mol. The van der Waals surface area contributed by atoms with Crippen LogP contribution in [0.2, 0.25) is 0 Å². The zero-order valence-electron chi connectivity index (χ0n) is 13.1. The summed E-state index contributed by atoms with van der Waals surface area (Å²) in [6, 6.07) is 6.54. The van der Waals surface area contributed by atoms with E-state index >= 15 is 0 Å². The Bertz CT molecular complexity index is 420. The van der Waals surface area contributed by atoms with E-state index in [0.29, 0.717) is 12.4 Å². The second kappa shape index (κ2) is 10.2. The first-order valence-electron chi connectivity index (χ1n) is 7.88. The van der Waals surface area contributed by atoms with Crippen LogP contribution in [0.1, 0.15) is 39.5 Å². The van der Waals surface area contributed by atoms with Crippen molar-refractivity contribution in [1.29, 1.82) is 0 Å². The van der Waals surface area contributed by atoms with Crippen molar-refractivity contribution in [2.75, 3.05) is 26.2 Å². The van der Waals surface area contributed by atoms with E-state index in [1.54, 1.807) is 23.1 Å². The molecule has 5 nitrogen and oxygen atoms in total. The SMILES string of the molecule is CC[NH+](CC)CCCCCCOc1ccccc1[N+](=O)[O-]. The minimum Gasteiger partial charge on any atom is -0.487 e. The summed E-state index contributed by atoms with van der Waals surface area (Å²) in [4.78, 5) is 12.1. The van der Waals surface area contributed by atoms with E-state index in [9.17, 15) is 10.1 Å². The summed E-state index contributed by atoms with van der Waals surface area (Å²) >= 11 is 0. The molecule has 1 aromatic carbocycles. The van der Waals surface area contributed by atoms with Gasteiger partial charge in [-0.2, -0.15) is 0 Å². The van der Waals surface area contributed by atoms with Crippen molar-refractivity contribution in [3.63, 3.8) is 0 Å². The van der Waals surface area contributed by atoms with E-state index in [1.807, 2.05) is 0 Å². The first-order chi connectivity index (χ1) is 10.2. The molecule has 0 radical (unpaired) electrons. The molecule has 0 aliphatic heterocycles. The number of benzene rings is 1. The summed E-state index contributed by atoms with van der Waals surface area (Å²) in [5.41, 5.74) is 0.0441. The van der Waals surface area contributed by atoms with Gasteiger partial charge in [-0.05, 0) is 45.6 Å². The minimum absolute atomic E-state index is 0.0441. The molecule has 1 rings (SSSR count). The molecule has 1 aromatic rings. The van der Waals surface area contributed by atoms with Gasteiger partial charge in [0.25, 0.3) is 0 Å².